The summed E-state index contributed by atoms with van der Waals surface area (Å²) >= 11 is 0. The zero-order chi connectivity index (χ0) is 19.0. The molecule has 2 rings (SSSR count). The van der Waals surface area contributed by atoms with Crippen molar-refractivity contribution in [1.82, 2.24) is 5.32 Å². The Bertz CT molecular complexity index is 713. The Morgan fingerprint density at radius 1 is 1.38 bits per heavy atom. The Morgan fingerprint density at radius 2 is 2.15 bits per heavy atom. The van der Waals surface area contributed by atoms with E-state index in [0.717, 1.165) is 5.75 Å². The Hall–Kier alpha value is -1.19. The van der Waals surface area contributed by atoms with Crippen molar-refractivity contribution in [1.29, 1.82) is 0 Å². The number of ketones is 1. The van der Waals surface area contributed by atoms with E-state index in [1.165, 1.54) is 7.11 Å². The zero-order valence-corrected chi connectivity index (χ0v) is 17.2. The molecule has 2 atom stereocenters. The van der Waals surface area contributed by atoms with Gasteiger partial charge in [0.15, 0.2) is 11.4 Å². The number of hydrogen-bond acceptors (Lipinski definition) is 7. The van der Waals surface area contributed by atoms with E-state index in [2.05, 4.69) is 33.7 Å². The second-order valence-corrected chi connectivity index (χ2v) is 10.2. The molecule has 140 valence electrons. The Morgan fingerprint density at radius 3 is 2.88 bits per heavy atom. The lowest BCUT2D eigenvalue weighted by Crippen LogP contribution is -2.51. The summed E-state index contributed by atoms with van der Waals surface area (Å²) in [4.78, 5) is 24.4. The molecule has 0 spiro atoms. The van der Waals surface area contributed by atoms with Crippen molar-refractivity contribution < 1.29 is 19.4 Å². The quantitative estimate of drug-likeness (QED) is 0.301. The molecule has 8 heteroatoms. The van der Waals surface area contributed by atoms with Gasteiger partial charge in [0, 0.05) is 25.0 Å². The van der Waals surface area contributed by atoms with Crippen LogP contribution >= 0.6 is 31.4 Å². The maximum absolute atomic E-state index is 12.7. The first kappa shape index (κ1) is 21.1. The molecular formula is C18H21NO4S3. The highest BCUT2D eigenvalue weighted by molar-refractivity contribution is 9.09. The van der Waals surface area contributed by atoms with E-state index < -0.39 is 17.7 Å². The van der Waals surface area contributed by atoms with E-state index in [1.54, 1.807) is 31.4 Å². The van der Waals surface area contributed by atoms with Crippen LogP contribution in [0.2, 0.25) is 0 Å². The van der Waals surface area contributed by atoms with E-state index in [-0.39, 0.29) is 12.2 Å². The van der Waals surface area contributed by atoms with Gasteiger partial charge in [-0.3, -0.25) is 4.79 Å². The smallest absolute Gasteiger partial charge is 0.407 e. The van der Waals surface area contributed by atoms with Crippen LogP contribution in [0.25, 0.3) is 0 Å². The van der Waals surface area contributed by atoms with Crippen molar-refractivity contribution in [2.24, 2.45) is 0 Å². The number of hydrogen-bond donors (Lipinski definition) is 2. The van der Waals surface area contributed by atoms with Gasteiger partial charge in [0.25, 0.3) is 0 Å². The van der Waals surface area contributed by atoms with Gasteiger partial charge < -0.3 is 15.2 Å². The number of Topliss-reactive ketones (excluding diaryl/α,β-unsaturated/α-hetero) is 1. The van der Waals surface area contributed by atoms with Crippen LogP contribution in [0.4, 0.5) is 4.79 Å². The van der Waals surface area contributed by atoms with Crippen LogP contribution in [0.5, 0.6) is 0 Å². The number of ether oxygens (including phenoxy) is 1. The monoisotopic (exact) mass is 411 g/mol. The van der Waals surface area contributed by atoms with Crippen molar-refractivity contribution in [3.8, 4) is 23.7 Å². The largest absolute Gasteiger partial charge is 0.453 e. The van der Waals surface area contributed by atoms with Crippen molar-refractivity contribution in [2.75, 3.05) is 19.1 Å². The van der Waals surface area contributed by atoms with Crippen LogP contribution in [-0.4, -0.2) is 47.7 Å². The summed E-state index contributed by atoms with van der Waals surface area (Å²) in [6, 6.07) is -0.827. The number of fused-ring (bicyclic) bond motifs is 1. The first-order valence-electron chi connectivity index (χ1n) is 8.12. The number of methoxy groups -OCH3 is 1. The molecule has 0 aromatic carbocycles. The fraction of sp³-hybridized carbons (Fsp3) is 0.556. The molecule has 0 aliphatic heterocycles. The molecule has 2 aliphatic carbocycles. The maximum atomic E-state index is 12.7. The third-order valence-electron chi connectivity index (χ3n) is 4.06. The molecule has 0 aromatic rings. The van der Waals surface area contributed by atoms with E-state index >= 15 is 0 Å². The molecule has 0 heterocycles. The number of nitrogens with one attached hydrogen (secondary N) is 1. The van der Waals surface area contributed by atoms with Gasteiger partial charge in [0.1, 0.15) is 6.04 Å². The predicted molar refractivity (Wildman–Crippen MR) is 109 cm³/mol. The van der Waals surface area contributed by atoms with Crippen LogP contribution < -0.4 is 5.32 Å². The molecule has 2 aliphatic rings. The van der Waals surface area contributed by atoms with Crippen molar-refractivity contribution in [3.63, 3.8) is 0 Å². The van der Waals surface area contributed by atoms with Crippen LogP contribution in [0, 0.1) is 23.7 Å². The minimum atomic E-state index is -1.48. The topological polar surface area (TPSA) is 75.6 Å². The van der Waals surface area contributed by atoms with Crippen LogP contribution in [0.15, 0.2) is 11.1 Å². The molecule has 26 heavy (non-hydrogen) atoms. The molecule has 0 radical (unpaired) electrons. The molecule has 5 nitrogen and oxygen atoms in total. The van der Waals surface area contributed by atoms with E-state index in [0.29, 0.717) is 36.8 Å². The maximum Gasteiger partial charge on any atom is 0.407 e. The zero-order valence-electron chi connectivity index (χ0n) is 14.7. The fourth-order valence-corrected chi connectivity index (χ4v) is 5.61. The predicted octanol–water partition coefficient (Wildman–Crippen LogP) is 2.95. The fourth-order valence-electron chi connectivity index (χ4n) is 2.94. The first-order chi connectivity index (χ1) is 12.5. The van der Waals surface area contributed by atoms with E-state index in [4.69, 9.17) is 0 Å². The third kappa shape index (κ3) is 5.40. The van der Waals surface area contributed by atoms with Gasteiger partial charge in [-0.2, -0.15) is 0 Å². The second kappa shape index (κ2) is 10.2. The minimum Gasteiger partial charge on any atom is -0.453 e. The lowest BCUT2D eigenvalue weighted by Gasteiger charge is -2.36. The normalized spacial score (nSPS) is 24.7. The molecule has 2 bridgehead atoms. The average molecular weight is 412 g/mol. The summed E-state index contributed by atoms with van der Waals surface area (Å²) in [6.45, 7) is 0. The Labute approximate surface area is 165 Å². The minimum absolute atomic E-state index is 0.138. The van der Waals surface area contributed by atoms with E-state index in [9.17, 15) is 14.7 Å². The van der Waals surface area contributed by atoms with Gasteiger partial charge in [-0.05, 0) is 33.6 Å². The molecule has 0 aromatic heterocycles. The van der Waals surface area contributed by atoms with Gasteiger partial charge in [-0.1, -0.05) is 39.3 Å². The molecule has 1 amide bonds. The summed E-state index contributed by atoms with van der Waals surface area (Å²) in [5, 5.41) is 13.7. The number of carbonyl (C=O) groups is 2. The molecule has 1 unspecified atom stereocenters. The summed E-state index contributed by atoms with van der Waals surface area (Å²) in [5.74, 6) is 12.4. The summed E-state index contributed by atoms with van der Waals surface area (Å²) in [6.07, 6.45) is 3.27. The highest BCUT2D eigenvalue weighted by atomic mass is 33.5. The summed E-state index contributed by atoms with van der Waals surface area (Å²) in [5.41, 5.74) is -0.131. The lowest BCUT2D eigenvalue weighted by atomic mass is 9.74. The van der Waals surface area contributed by atoms with Crippen LogP contribution in [0.1, 0.15) is 32.1 Å². The molecule has 0 saturated heterocycles. The van der Waals surface area contributed by atoms with Crippen molar-refractivity contribution >= 4 is 43.3 Å². The van der Waals surface area contributed by atoms with E-state index in [1.807, 2.05) is 6.26 Å². The second-order valence-electron chi connectivity index (χ2n) is 5.71. The van der Waals surface area contributed by atoms with Gasteiger partial charge in [0.05, 0.1) is 13.5 Å². The molecule has 2 N–H and O–H groups in total. The van der Waals surface area contributed by atoms with Gasteiger partial charge in [-0.25, -0.2) is 4.79 Å². The average Bonchev–Trinajstić information content (AvgIpc) is 2.61. The standard InChI is InChI=1S/C18H21NO4S3/c1-23-17(21)19-16-13-8-6-4-3-5-7-10-18(22,12-15(16)20)14(13)9-11-25-26-24-2/h16,22H,3,5,8-9,11-12H2,1-2H3,(H,19,21)/t16?,18-/m0/s1. The summed E-state index contributed by atoms with van der Waals surface area (Å²) in [7, 11) is 6.25. The van der Waals surface area contributed by atoms with Gasteiger partial charge in [0.2, 0.25) is 0 Å². The summed E-state index contributed by atoms with van der Waals surface area (Å²) < 4.78 is 4.65. The number of carbonyl (C=O) groups excluding carboxylic acids is 2. The third-order valence-corrected chi connectivity index (χ3v) is 7.95. The number of rotatable bonds is 6. The Balaban J connectivity index is 2.44. The highest BCUT2D eigenvalue weighted by Crippen LogP contribution is 2.39. The van der Waals surface area contributed by atoms with Gasteiger partial charge in [-0.15, -0.1) is 5.92 Å². The first-order valence-corrected chi connectivity index (χ1v) is 12.2. The SMILES string of the molecule is COC(=O)NC1C(=O)C[C@@]2(O)C#CCCC#CCC1=C2CCSSSC. The number of alkyl carbamates (subject to hydrolysis) is 1. The number of aliphatic hydroxyl groups is 1. The van der Waals surface area contributed by atoms with Crippen LogP contribution in [-0.2, 0) is 9.53 Å². The Kier molecular flexibility index (Phi) is 8.30. The molecule has 0 fully saturated rings. The van der Waals surface area contributed by atoms with Gasteiger partial charge >= 0.3 is 6.09 Å². The van der Waals surface area contributed by atoms with Crippen molar-refractivity contribution in [2.45, 2.75) is 43.7 Å². The number of amides is 1. The molecular weight excluding hydrogens is 390 g/mol. The highest BCUT2D eigenvalue weighted by Gasteiger charge is 2.44. The van der Waals surface area contributed by atoms with Crippen LogP contribution in [0.3, 0.4) is 0 Å². The lowest BCUT2D eigenvalue weighted by molar-refractivity contribution is -0.123. The molecule has 0 saturated carbocycles. The van der Waals surface area contributed by atoms with Crippen molar-refractivity contribution in [3.05, 3.63) is 11.1 Å².